The molecule has 0 bridgehead atoms. The van der Waals surface area contributed by atoms with Gasteiger partial charge in [-0.1, -0.05) is 29.8 Å². The highest BCUT2D eigenvalue weighted by atomic mass is 35.5. The Balaban J connectivity index is 1.38. The standard InChI is InChI=1S/C22H18ClN5O/c23-16-5-3-15(4-6-16)20-19(13-26-27-20)22(29)28-10-7-14(8-11-28)18-12-25-21-17(18)2-1-9-24-21/h1-7,9,12-13H,8,10-11H2,(H,24,25)(H,26,27). The third-order valence-corrected chi connectivity index (χ3v) is 5.55. The molecule has 144 valence electrons. The normalized spacial score (nSPS) is 14.2. The first-order valence-electron chi connectivity index (χ1n) is 9.41. The molecule has 1 aliphatic rings. The van der Waals surface area contributed by atoms with E-state index in [4.69, 9.17) is 11.6 Å². The first kappa shape index (κ1) is 17.7. The maximum absolute atomic E-state index is 13.1. The minimum atomic E-state index is -0.0282. The quantitative estimate of drug-likeness (QED) is 0.527. The van der Waals surface area contributed by atoms with E-state index in [-0.39, 0.29) is 5.91 Å². The third kappa shape index (κ3) is 3.21. The number of carbonyl (C=O) groups excluding carboxylic acids is 1. The van der Waals surface area contributed by atoms with Gasteiger partial charge in [0.1, 0.15) is 5.65 Å². The zero-order valence-corrected chi connectivity index (χ0v) is 16.3. The maximum atomic E-state index is 13.1. The first-order valence-corrected chi connectivity index (χ1v) is 9.78. The molecule has 0 aliphatic carbocycles. The van der Waals surface area contributed by atoms with Crippen LogP contribution in [-0.2, 0) is 0 Å². The van der Waals surface area contributed by atoms with Gasteiger partial charge in [0, 0.05) is 47.0 Å². The summed E-state index contributed by atoms with van der Waals surface area (Å²) in [5, 5.41) is 8.80. The van der Waals surface area contributed by atoms with Crippen molar-refractivity contribution in [3.63, 3.8) is 0 Å². The molecule has 2 N–H and O–H groups in total. The number of amides is 1. The highest BCUT2D eigenvalue weighted by Gasteiger charge is 2.24. The number of hydrogen-bond donors (Lipinski definition) is 2. The minimum absolute atomic E-state index is 0.0282. The molecular formula is C22H18ClN5O. The fraction of sp³-hybridized carbons (Fsp3) is 0.136. The number of nitrogens with one attached hydrogen (secondary N) is 2. The molecule has 5 rings (SSSR count). The Hall–Kier alpha value is -3.38. The van der Waals surface area contributed by atoms with E-state index in [9.17, 15) is 4.79 Å². The number of aromatic amines is 2. The average Bonchev–Trinajstić information content (AvgIpc) is 3.41. The molecule has 4 aromatic rings. The molecule has 0 saturated heterocycles. The summed E-state index contributed by atoms with van der Waals surface area (Å²) in [6.45, 7) is 1.22. The van der Waals surface area contributed by atoms with Crippen molar-refractivity contribution in [2.45, 2.75) is 6.42 Å². The molecular weight excluding hydrogens is 386 g/mol. The number of rotatable bonds is 3. The van der Waals surface area contributed by atoms with Crippen LogP contribution < -0.4 is 0 Å². The van der Waals surface area contributed by atoms with Crippen molar-refractivity contribution in [2.75, 3.05) is 13.1 Å². The number of pyridine rings is 1. The van der Waals surface area contributed by atoms with Gasteiger partial charge in [0.15, 0.2) is 0 Å². The lowest BCUT2D eigenvalue weighted by molar-refractivity contribution is 0.0773. The number of H-pyrrole nitrogens is 2. The van der Waals surface area contributed by atoms with Crippen molar-refractivity contribution in [2.24, 2.45) is 0 Å². The Morgan fingerprint density at radius 1 is 1.17 bits per heavy atom. The van der Waals surface area contributed by atoms with E-state index in [1.807, 2.05) is 29.3 Å². The first-order chi connectivity index (χ1) is 14.2. The topological polar surface area (TPSA) is 77.7 Å². The summed E-state index contributed by atoms with van der Waals surface area (Å²) in [7, 11) is 0. The van der Waals surface area contributed by atoms with Crippen LogP contribution in [0.15, 0.2) is 61.1 Å². The number of hydrogen-bond acceptors (Lipinski definition) is 3. The van der Waals surface area contributed by atoms with Crippen molar-refractivity contribution < 1.29 is 4.79 Å². The van der Waals surface area contributed by atoms with Crippen molar-refractivity contribution in [3.05, 3.63) is 77.2 Å². The second-order valence-corrected chi connectivity index (χ2v) is 7.43. The van der Waals surface area contributed by atoms with Crippen molar-refractivity contribution in [3.8, 4) is 11.3 Å². The Bertz CT molecular complexity index is 1220. The van der Waals surface area contributed by atoms with Crippen LogP contribution in [0.25, 0.3) is 27.9 Å². The molecule has 29 heavy (non-hydrogen) atoms. The number of carbonyl (C=O) groups is 1. The molecule has 1 amide bonds. The highest BCUT2D eigenvalue weighted by molar-refractivity contribution is 6.30. The summed E-state index contributed by atoms with van der Waals surface area (Å²) in [6.07, 6.45) is 8.29. The summed E-state index contributed by atoms with van der Waals surface area (Å²) in [6, 6.07) is 11.4. The molecule has 0 atom stereocenters. The Morgan fingerprint density at radius 3 is 2.83 bits per heavy atom. The second kappa shape index (κ2) is 7.22. The van der Waals surface area contributed by atoms with Crippen molar-refractivity contribution in [1.82, 2.24) is 25.1 Å². The van der Waals surface area contributed by atoms with Gasteiger partial charge in [0.05, 0.1) is 17.5 Å². The van der Waals surface area contributed by atoms with Crippen LogP contribution in [0.2, 0.25) is 5.02 Å². The van der Waals surface area contributed by atoms with E-state index in [2.05, 4.69) is 32.3 Å². The predicted octanol–water partition coefficient (Wildman–Crippen LogP) is 4.54. The Morgan fingerprint density at radius 2 is 2.03 bits per heavy atom. The van der Waals surface area contributed by atoms with Gasteiger partial charge in [-0.2, -0.15) is 5.10 Å². The molecule has 0 unspecified atom stereocenters. The zero-order valence-electron chi connectivity index (χ0n) is 15.5. The summed E-state index contributed by atoms with van der Waals surface area (Å²) >= 11 is 5.98. The number of fused-ring (bicyclic) bond motifs is 1. The molecule has 1 aliphatic heterocycles. The summed E-state index contributed by atoms with van der Waals surface area (Å²) in [5.41, 5.74) is 5.44. The van der Waals surface area contributed by atoms with Crippen LogP contribution in [-0.4, -0.2) is 44.1 Å². The summed E-state index contributed by atoms with van der Waals surface area (Å²) in [4.78, 5) is 22.5. The van der Waals surface area contributed by atoms with E-state index in [1.54, 1.807) is 24.5 Å². The third-order valence-electron chi connectivity index (χ3n) is 5.30. The second-order valence-electron chi connectivity index (χ2n) is 7.00. The van der Waals surface area contributed by atoms with Gasteiger partial charge >= 0.3 is 0 Å². The Labute approximate surface area is 172 Å². The Kier molecular flexibility index (Phi) is 4.41. The van der Waals surface area contributed by atoms with E-state index in [0.29, 0.717) is 29.4 Å². The molecule has 7 heteroatoms. The van der Waals surface area contributed by atoms with Gasteiger partial charge in [-0.3, -0.25) is 9.89 Å². The van der Waals surface area contributed by atoms with Gasteiger partial charge < -0.3 is 9.88 Å². The zero-order chi connectivity index (χ0) is 19.8. The molecule has 6 nitrogen and oxygen atoms in total. The van der Waals surface area contributed by atoms with Crippen LogP contribution in [0.3, 0.4) is 0 Å². The van der Waals surface area contributed by atoms with Gasteiger partial charge in [0.2, 0.25) is 0 Å². The minimum Gasteiger partial charge on any atom is -0.346 e. The van der Waals surface area contributed by atoms with E-state index < -0.39 is 0 Å². The van der Waals surface area contributed by atoms with Gasteiger partial charge in [-0.05, 0) is 36.3 Å². The van der Waals surface area contributed by atoms with Gasteiger partial charge in [-0.15, -0.1) is 0 Å². The molecule has 0 fully saturated rings. The predicted molar refractivity (Wildman–Crippen MR) is 114 cm³/mol. The smallest absolute Gasteiger partial charge is 0.257 e. The van der Waals surface area contributed by atoms with E-state index in [1.165, 1.54) is 5.57 Å². The number of nitrogens with zero attached hydrogens (tertiary/aromatic N) is 3. The lowest BCUT2D eigenvalue weighted by atomic mass is 9.99. The van der Waals surface area contributed by atoms with Crippen LogP contribution in [0, 0.1) is 0 Å². The molecule has 0 saturated carbocycles. The van der Waals surface area contributed by atoms with Crippen LogP contribution in [0.5, 0.6) is 0 Å². The average molecular weight is 404 g/mol. The fourth-order valence-electron chi connectivity index (χ4n) is 3.78. The maximum Gasteiger partial charge on any atom is 0.257 e. The van der Waals surface area contributed by atoms with Gasteiger partial charge in [0.25, 0.3) is 5.91 Å². The number of aromatic nitrogens is 4. The highest BCUT2D eigenvalue weighted by Crippen LogP contribution is 2.30. The molecule has 0 spiro atoms. The largest absolute Gasteiger partial charge is 0.346 e. The summed E-state index contributed by atoms with van der Waals surface area (Å²) in [5.74, 6) is -0.0282. The fourth-order valence-corrected chi connectivity index (χ4v) is 3.90. The van der Waals surface area contributed by atoms with Crippen LogP contribution in [0.1, 0.15) is 22.3 Å². The van der Waals surface area contributed by atoms with Gasteiger partial charge in [-0.25, -0.2) is 4.98 Å². The lowest BCUT2D eigenvalue weighted by Gasteiger charge is -2.26. The van der Waals surface area contributed by atoms with E-state index >= 15 is 0 Å². The van der Waals surface area contributed by atoms with Crippen LogP contribution >= 0.6 is 11.6 Å². The van der Waals surface area contributed by atoms with Crippen LogP contribution in [0.4, 0.5) is 0 Å². The molecule has 1 aromatic carbocycles. The molecule has 0 radical (unpaired) electrons. The molecule has 3 aromatic heterocycles. The number of halogens is 1. The SMILES string of the molecule is O=C(c1cn[nH]c1-c1ccc(Cl)cc1)N1CC=C(c2c[nH]c3ncccc23)CC1. The van der Waals surface area contributed by atoms with Crippen molar-refractivity contribution in [1.29, 1.82) is 0 Å². The lowest BCUT2D eigenvalue weighted by Crippen LogP contribution is -2.34. The van der Waals surface area contributed by atoms with E-state index in [0.717, 1.165) is 28.6 Å². The summed E-state index contributed by atoms with van der Waals surface area (Å²) < 4.78 is 0. The number of benzene rings is 1. The van der Waals surface area contributed by atoms with Crippen molar-refractivity contribution >= 4 is 34.1 Å². The molecule has 4 heterocycles. The monoisotopic (exact) mass is 403 g/mol.